The van der Waals surface area contributed by atoms with Gasteiger partial charge in [0.15, 0.2) is 0 Å². The van der Waals surface area contributed by atoms with Gasteiger partial charge in [0.2, 0.25) is 0 Å². The number of benzene rings is 1. The van der Waals surface area contributed by atoms with E-state index in [1.807, 2.05) is 6.07 Å². The maximum atomic E-state index is 11.6. The topological polar surface area (TPSA) is 42.2 Å². The third-order valence-electron chi connectivity index (χ3n) is 1.58. The molecule has 3 nitrogen and oxygen atoms in total. The summed E-state index contributed by atoms with van der Waals surface area (Å²) in [4.78, 5) is 0. The van der Waals surface area contributed by atoms with Gasteiger partial charge >= 0.3 is 6.36 Å². The maximum Gasteiger partial charge on any atom is 0.522 e. The molecule has 0 aliphatic rings. The molecule has 0 spiro atoms. The molecule has 0 amide bonds. The van der Waals surface area contributed by atoms with Gasteiger partial charge in [-0.25, -0.2) is 0 Å². The Balaban J connectivity index is 2.35. The number of nitriles is 1. The van der Waals surface area contributed by atoms with Crippen molar-refractivity contribution >= 4 is 0 Å². The lowest BCUT2D eigenvalue weighted by Gasteiger charge is -2.08. The predicted molar refractivity (Wildman–Crippen MR) is 48.7 cm³/mol. The zero-order chi connectivity index (χ0) is 12.0. The van der Waals surface area contributed by atoms with Crippen LogP contribution in [-0.4, -0.2) is 19.6 Å². The molecule has 0 aromatic heterocycles. The molecule has 86 valence electrons. The summed E-state index contributed by atoms with van der Waals surface area (Å²) in [6.45, 7) is -0.811. The largest absolute Gasteiger partial charge is 0.522 e. The molecule has 0 radical (unpaired) electrons. The van der Waals surface area contributed by atoms with Crippen molar-refractivity contribution in [2.45, 2.75) is 6.36 Å². The van der Waals surface area contributed by atoms with Gasteiger partial charge in [0.05, 0.1) is 18.2 Å². The SMILES string of the molecule is N#Cc1cccc(OCCOC(F)(F)F)c1. The second-order valence-electron chi connectivity index (χ2n) is 2.78. The Morgan fingerprint density at radius 2 is 2.00 bits per heavy atom. The van der Waals surface area contributed by atoms with Gasteiger partial charge in [0.1, 0.15) is 12.4 Å². The molecule has 6 heteroatoms. The molecule has 0 aliphatic carbocycles. The normalized spacial score (nSPS) is 10.9. The lowest BCUT2D eigenvalue weighted by Crippen LogP contribution is -2.18. The quantitative estimate of drug-likeness (QED) is 0.747. The summed E-state index contributed by atoms with van der Waals surface area (Å²) in [6, 6.07) is 8.03. The maximum absolute atomic E-state index is 11.6. The standard InChI is InChI=1S/C10H8F3NO2/c11-10(12,13)16-5-4-15-9-3-1-2-8(6-9)7-14/h1-3,6H,4-5H2. The first-order valence-corrected chi connectivity index (χ1v) is 4.35. The second-order valence-corrected chi connectivity index (χ2v) is 2.78. The van der Waals surface area contributed by atoms with E-state index in [-0.39, 0.29) is 6.61 Å². The summed E-state index contributed by atoms with van der Waals surface area (Å²) in [6.07, 6.45) is -4.64. The van der Waals surface area contributed by atoms with Crippen molar-refractivity contribution in [1.29, 1.82) is 5.26 Å². The van der Waals surface area contributed by atoms with Crippen molar-refractivity contribution < 1.29 is 22.6 Å². The fourth-order valence-corrected chi connectivity index (χ4v) is 0.972. The summed E-state index contributed by atoms with van der Waals surface area (Å²) in [5.74, 6) is 0.338. The lowest BCUT2D eigenvalue weighted by atomic mass is 10.2. The van der Waals surface area contributed by atoms with Crippen LogP contribution in [0.3, 0.4) is 0 Å². The number of alkyl halides is 3. The average molecular weight is 231 g/mol. The molecular formula is C10H8F3NO2. The zero-order valence-electron chi connectivity index (χ0n) is 8.12. The molecule has 1 rings (SSSR count). The van der Waals surface area contributed by atoms with E-state index in [4.69, 9.17) is 10.00 Å². The van der Waals surface area contributed by atoms with Gasteiger partial charge < -0.3 is 4.74 Å². The molecule has 0 atom stereocenters. The molecule has 0 bridgehead atoms. The Labute approximate surface area is 90.0 Å². The average Bonchev–Trinajstić information content (AvgIpc) is 2.23. The molecule has 16 heavy (non-hydrogen) atoms. The lowest BCUT2D eigenvalue weighted by molar-refractivity contribution is -0.325. The third kappa shape index (κ3) is 4.66. The molecule has 0 fully saturated rings. The Kier molecular flexibility index (Phi) is 4.14. The minimum Gasteiger partial charge on any atom is -0.491 e. The Bertz CT molecular complexity index is 384. The van der Waals surface area contributed by atoms with Crippen molar-refractivity contribution in [2.24, 2.45) is 0 Å². The molecule has 0 aliphatic heterocycles. The first kappa shape index (κ1) is 12.3. The monoisotopic (exact) mass is 231 g/mol. The molecule has 0 unspecified atom stereocenters. The van der Waals surface area contributed by atoms with E-state index in [0.717, 1.165) is 0 Å². The van der Waals surface area contributed by atoms with Crippen molar-refractivity contribution in [3.05, 3.63) is 29.8 Å². The van der Waals surface area contributed by atoms with Gasteiger partial charge in [0.25, 0.3) is 0 Å². The van der Waals surface area contributed by atoms with Gasteiger partial charge in [-0.3, -0.25) is 4.74 Å². The van der Waals surface area contributed by atoms with Crippen LogP contribution in [0, 0.1) is 11.3 Å². The van der Waals surface area contributed by atoms with Gasteiger partial charge in [-0.15, -0.1) is 13.2 Å². The molecular weight excluding hydrogens is 223 g/mol. The Morgan fingerprint density at radius 1 is 1.25 bits per heavy atom. The van der Waals surface area contributed by atoms with E-state index in [9.17, 15) is 13.2 Å². The van der Waals surface area contributed by atoms with Crippen LogP contribution in [0.1, 0.15) is 5.56 Å². The molecule has 0 saturated heterocycles. The molecule has 0 heterocycles. The smallest absolute Gasteiger partial charge is 0.491 e. The number of nitrogens with zero attached hydrogens (tertiary/aromatic N) is 1. The van der Waals surface area contributed by atoms with Gasteiger partial charge in [-0.2, -0.15) is 5.26 Å². The molecule has 1 aromatic carbocycles. The van der Waals surface area contributed by atoms with Gasteiger partial charge in [-0.05, 0) is 18.2 Å². The van der Waals surface area contributed by atoms with Crippen molar-refractivity contribution in [2.75, 3.05) is 13.2 Å². The summed E-state index contributed by atoms with van der Waals surface area (Å²) in [7, 11) is 0. The number of rotatable bonds is 4. The van der Waals surface area contributed by atoms with Crippen LogP contribution in [0.5, 0.6) is 5.75 Å². The Morgan fingerprint density at radius 3 is 2.62 bits per heavy atom. The minimum atomic E-state index is -4.64. The van der Waals surface area contributed by atoms with E-state index < -0.39 is 13.0 Å². The first-order valence-electron chi connectivity index (χ1n) is 4.35. The van der Waals surface area contributed by atoms with E-state index in [2.05, 4.69) is 4.74 Å². The van der Waals surface area contributed by atoms with Crippen LogP contribution in [0.4, 0.5) is 13.2 Å². The van der Waals surface area contributed by atoms with Crippen LogP contribution in [0.15, 0.2) is 24.3 Å². The number of halogens is 3. The van der Waals surface area contributed by atoms with Crippen LogP contribution in [0.25, 0.3) is 0 Å². The van der Waals surface area contributed by atoms with Crippen LogP contribution in [-0.2, 0) is 4.74 Å². The van der Waals surface area contributed by atoms with Gasteiger partial charge in [0, 0.05) is 0 Å². The fourth-order valence-electron chi connectivity index (χ4n) is 0.972. The van der Waals surface area contributed by atoms with Crippen LogP contribution >= 0.6 is 0 Å². The van der Waals surface area contributed by atoms with Crippen molar-refractivity contribution in [3.8, 4) is 11.8 Å². The van der Waals surface area contributed by atoms with Gasteiger partial charge in [-0.1, -0.05) is 6.07 Å². The zero-order valence-corrected chi connectivity index (χ0v) is 8.12. The highest BCUT2D eigenvalue weighted by Crippen LogP contribution is 2.16. The highest BCUT2D eigenvalue weighted by molar-refractivity contribution is 5.36. The highest BCUT2D eigenvalue weighted by Gasteiger charge is 2.28. The van der Waals surface area contributed by atoms with Crippen LogP contribution < -0.4 is 4.74 Å². The number of ether oxygens (including phenoxy) is 2. The first-order chi connectivity index (χ1) is 7.51. The summed E-state index contributed by atoms with van der Waals surface area (Å²) >= 11 is 0. The molecule has 0 saturated carbocycles. The minimum absolute atomic E-state index is 0.228. The van der Waals surface area contributed by atoms with E-state index in [0.29, 0.717) is 11.3 Å². The summed E-state index contributed by atoms with van der Waals surface area (Å²) in [5.41, 5.74) is 0.384. The second kappa shape index (κ2) is 5.37. The van der Waals surface area contributed by atoms with Crippen LogP contribution in [0.2, 0.25) is 0 Å². The Hall–Kier alpha value is -1.74. The van der Waals surface area contributed by atoms with E-state index in [1.165, 1.54) is 6.07 Å². The van der Waals surface area contributed by atoms with Crippen molar-refractivity contribution in [3.63, 3.8) is 0 Å². The molecule has 1 aromatic rings. The molecule has 0 N–H and O–H groups in total. The van der Waals surface area contributed by atoms with E-state index in [1.54, 1.807) is 18.2 Å². The van der Waals surface area contributed by atoms with Crippen molar-refractivity contribution in [1.82, 2.24) is 0 Å². The number of hydrogen-bond acceptors (Lipinski definition) is 3. The highest BCUT2D eigenvalue weighted by atomic mass is 19.4. The summed E-state index contributed by atoms with van der Waals surface area (Å²) in [5, 5.41) is 8.56. The third-order valence-corrected chi connectivity index (χ3v) is 1.58. The van der Waals surface area contributed by atoms with E-state index >= 15 is 0 Å². The summed E-state index contributed by atoms with van der Waals surface area (Å²) < 4.78 is 43.2. The predicted octanol–water partition coefficient (Wildman–Crippen LogP) is 2.47. The fraction of sp³-hybridized carbons (Fsp3) is 0.300. The number of hydrogen-bond donors (Lipinski definition) is 0.